The Morgan fingerprint density at radius 3 is 2.59 bits per heavy atom. The topological polar surface area (TPSA) is 82.9 Å². The summed E-state index contributed by atoms with van der Waals surface area (Å²) in [7, 11) is 3.19. The van der Waals surface area contributed by atoms with Crippen LogP contribution in [0.2, 0.25) is 0 Å². The van der Waals surface area contributed by atoms with Crippen molar-refractivity contribution in [3.63, 3.8) is 0 Å². The average Bonchev–Trinajstić information content (AvgIpc) is 3.19. The fourth-order valence-corrected chi connectivity index (χ4v) is 4.32. The Bertz CT molecular complexity index is 1130. The average molecular weight is 437 g/mol. The van der Waals surface area contributed by atoms with Crippen molar-refractivity contribution in [2.45, 2.75) is 19.4 Å². The molecule has 0 saturated heterocycles. The molecule has 168 valence electrons. The van der Waals surface area contributed by atoms with E-state index in [4.69, 9.17) is 19.2 Å². The van der Waals surface area contributed by atoms with Gasteiger partial charge in [0.15, 0.2) is 5.92 Å². The molecule has 2 unspecified atom stereocenters. The molecular weight excluding hydrogens is 410 g/mol. The normalized spacial score (nSPS) is 18.0. The van der Waals surface area contributed by atoms with Crippen LogP contribution in [0.25, 0.3) is 11.0 Å². The minimum absolute atomic E-state index is 0.183. The second kappa shape index (κ2) is 9.40. The van der Waals surface area contributed by atoms with Gasteiger partial charge in [-0.2, -0.15) is 0 Å². The van der Waals surface area contributed by atoms with E-state index in [1.54, 1.807) is 26.0 Å². The highest BCUT2D eigenvalue weighted by Crippen LogP contribution is 2.43. The SMILES string of the molecule is CCOC(=O)C1C(=O)N(CCCOC)c2nc3ccccc3n2C1c1ccccc1OC. The Balaban J connectivity index is 1.97. The molecule has 1 aliphatic rings. The van der Waals surface area contributed by atoms with E-state index in [1.165, 1.54) is 0 Å². The molecule has 8 nitrogen and oxygen atoms in total. The lowest BCUT2D eigenvalue weighted by Crippen LogP contribution is -2.50. The van der Waals surface area contributed by atoms with Crippen LogP contribution in [0, 0.1) is 5.92 Å². The molecule has 32 heavy (non-hydrogen) atoms. The number of amides is 1. The minimum atomic E-state index is -1.07. The van der Waals surface area contributed by atoms with E-state index in [9.17, 15) is 9.59 Å². The highest BCUT2D eigenvalue weighted by molar-refractivity contribution is 6.08. The maximum absolute atomic E-state index is 13.7. The second-order valence-corrected chi connectivity index (χ2v) is 7.52. The molecule has 0 bridgehead atoms. The third-order valence-corrected chi connectivity index (χ3v) is 5.67. The number of aromatic nitrogens is 2. The van der Waals surface area contributed by atoms with Crippen molar-refractivity contribution < 1.29 is 23.8 Å². The zero-order valence-electron chi connectivity index (χ0n) is 18.5. The van der Waals surface area contributed by atoms with Crippen molar-refractivity contribution in [2.24, 2.45) is 5.92 Å². The van der Waals surface area contributed by atoms with E-state index >= 15 is 0 Å². The Kier molecular flexibility index (Phi) is 6.41. The number of methoxy groups -OCH3 is 2. The van der Waals surface area contributed by atoms with E-state index < -0.39 is 17.9 Å². The number of para-hydroxylation sites is 3. The lowest BCUT2D eigenvalue weighted by atomic mass is 9.88. The van der Waals surface area contributed by atoms with E-state index in [1.807, 2.05) is 53.1 Å². The third kappa shape index (κ3) is 3.71. The highest BCUT2D eigenvalue weighted by atomic mass is 16.5. The van der Waals surface area contributed by atoms with Crippen LogP contribution in [0.1, 0.15) is 24.9 Å². The van der Waals surface area contributed by atoms with Crippen LogP contribution in [0.5, 0.6) is 5.75 Å². The summed E-state index contributed by atoms with van der Waals surface area (Å²) >= 11 is 0. The summed E-state index contributed by atoms with van der Waals surface area (Å²) in [5.41, 5.74) is 2.30. The summed E-state index contributed by atoms with van der Waals surface area (Å²) in [6, 6.07) is 14.4. The van der Waals surface area contributed by atoms with E-state index in [2.05, 4.69) is 0 Å². The van der Waals surface area contributed by atoms with Gasteiger partial charge < -0.3 is 18.8 Å². The molecule has 3 aromatic rings. The van der Waals surface area contributed by atoms with Gasteiger partial charge >= 0.3 is 5.97 Å². The molecule has 1 aliphatic heterocycles. The summed E-state index contributed by atoms with van der Waals surface area (Å²) in [4.78, 5) is 33.3. The first kappa shape index (κ1) is 21.8. The molecule has 0 radical (unpaired) electrons. The maximum atomic E-state index is 13.7. The summed E-state index contributed by atoms with van der Waals surface area (Å²) in [5, 5.41) is 0. The summed E-state index contributed by atoms with van der Waals surface area (Å²) in [6.45, 7) is 2.79. The number of carbonyl (C=O) groups excluding carboxylic acids is 2. The number of rotatable bonds is 8. The number of benzene rings is 2. The molecule has 0 N–H and O–H groups in total. The molecule has 8 heteroatoms. The van der Waals surface area contributed by atoms with Crippen LogP contribution in [0.4, 0.5) is 5.95 Å². The lowest BCUT2D eigenvalue weighted by molar-refractivity contribution is -0.153. The second-order valence-electron chi connectivity index (χ2n) is 7.52. The van der Waals surface area contributed by atoms with Gasteiger partial charge in [0.1, 0.15) is 5.75 Å². The van der Waals surface area contributed by atoms with Gasteiger partial charge in [0.2, 0.25) is 11.9 Å². The number of anilines is 1. The Morgan fingerprint density at radius 2 is 1.84 bits per heavy atom. The zero-order chi connectivity index (χ0) is 22.7. The first-order chi connectivity index (χ1) is 15.6. The van der Waals surface area contributed by atoms with Gasteiger partial charge in [-0.25, -0.2) is 4.98 Å². The molecule has 2 aromatic carbocycles. The predicted octanol–water partition coefficient (Wildman–Crippen LogP) is 3.20. The first-order valence-electron chi connectivity index (χ1n) is 10.7. The van der Waals surface area contributed by atoms with E-state index in [0.29, 0.717) is 31.3 Å². The van der Waals surface area contributed by atoms with Gasteiger partial charge in [0.25, 0.3) is 0 Å². The fourth-order valence-electron chi connectivity index (χ4n) is 4.32. The maximum Gasteiger partial charge on any atom is 0.321 e. The van der Waals surface area contributed by atoms with Crippen LogP contribution < -0.4 is 9.64 Å². The van der Waals surface area contributed by atoms with Crippen LogP contribution in [0.3, 0.4) is 0 Å². The summed E-state index contributed by atoms with van der Waals surface area (Å²) in [5.74, 6) is -0.870. The van der Waals surface area contributed by atoms with Gasteiger partial charge in [-0.1, -0.05) is 30.3 Å². The van der Waals surface area contributed by atoms with Gasteiger partial charge in [-0.15, -0.1) is 0 Å². The van der Waals surface area contributed by atoms with Crippen LogP contribution in [-0.4, -0.2) is 55.4 Å². The van der Waals surface area contributed by atoms with Crippen molar-refractivity contribution in [1.29, 1.82) is 0 Å². The molecule has 0 fully saturated rings. The van der Waals surface area contributed by atoms with Gasteiger partial charge in [0.05, 0.1) is 30.8 Å². The predicted molar refractivity (Wildman–Crippen MR) is 120 cm³/mol. The molecule has 4 rings (SSSR count). The molecular formula is C24H27N3O5. The Labute approximate surface area is 186 Å². The molecule has 1 amide bonds. The number of imidazole rings is 1. The number of hydrogen-bond donors (Lipinski definition) is 0. The molecule has 0 saturated carbocycles. The smallest absolute Gasteiger partial charge is 0.321 e. The van der Waals surface area contributed by atoms with Crippen LogP contribution in [0.15, 0.2) is 48.5 Å². The van der Waals surface area contributed by atoms with Crippen LogP contribution in [-0.2, 0) is 19.1 Å². The number of ether oxygens (including phenoxy) is 3. The number of carbonyl (C=O) groups is 2. The number of fused-ring (bicyclic) bond motifs is 3. The van der Waals surface area contributed by atoms with Crippen molar-refractivity contribution in [3.05, 3.63) is 54.1 Å². The largest absolute Gasteiger partial charge is 0.496 e. The van der Waals surface area contributed by atoms with Crippen molar-refractivity contribution in [3.8, 4) is 5.75 Å². The molecule has 2 heterocycles. The number of hydrogen-bond acceptors (Lipinski definition) is 6. The van der Waals surface area contributed by atoms with Crippen molar-refractivity contribution in [1.82, 2.24) is 9.55 Å². The molecule has 2 atom stereocenters. The molecule has 0 spiro atoms. The Hall–Kier alpha value is -3.39. The molecule has 0 aliphatic carbocycles. The summed E-state index contributed by atoms with van der Waals surface area (Å²) < 4.78 is 18.1. The van der Waals surface area contributed by atoms with E-state index in [0.717, 1.165) is 16.6 Å². The van der Waals surface area contributed by atoms with E-state index in [-0.39, 0.29) is 12.5 Å². The summed E-state index contributed by atoms with van der Waals surface area (Å²) in [6.07, 6.45) is 0.611. The van der Waals surface area contributed by atoms with Gasteiger partial charge in [-0.05, 0) is 31.5 Å². The van der Waals surface area contributed by atoms with Crippen molar-refractivity contribution >= 4 is 28.9 Å². The standard InChI is InChI=1S/C24H27N3O5/c1-4-32-23(29)20-21(16-10-5-8-13-19(16)31-3)27-18-12-7-6-11-17(18)25-24(27)26(22(20)28)14-9-15-30-2/h5-8,10-13,20-21H,4,9,14-15H2,1-3H3. The number of esters is 1. The van der Waals surface area contributed by atoms with Gasteiger partial charge in [0, 0.05) is 25.8 Å². The highest BCUT2D eigenvalue weighted by Gasteiger charge is 2.48. The quantitative estimate of drug-likeness (QED) is 0.306. The first-order valence-corrected chi connectivity index (χ1v) is 10.7. The molecule has 1 aromatic heterocycles. The fraction of sp³-hybridized carbons (Fsp3) is 0.375. The van der Waals surface area contributed by atoms with Crippen LogP contribution >= 0.6 is 0 Å². The third-order valence-electron chi connectivity index (χ3n) is 5.67. The monoisotopic (exact) mass is 437 g/mol. The minimum Gasteiger partial charge on any atom is -0.496 e. The van der Waals surface area contributed by atoms with Gasteiger partial charge in [-0.3, -0.25) is 14.5 Å². The lowest BCUT2D eigenvalue weighted by Gasteiger charge is -2.38. The Morgan fingerprint density at radius 1 is 1.09 bits per heavy atom. The zero-order valence-corrected chi connectivity index (χ0v) is 18.5. The van der Waals surface area contributed by atoms with Crippen molar-refractivity contribution in [2.75, 3.05) is 38.9 Å². The number of nitrogens with zero attached hydrogens (tertiary/aromatic N) is 3.